The van der Waals surface area contributed by atoms with E-state index in [-0.39, 0.29) is 18.2 Å². The van der Waals surface area contributed by atoms with Gasteiger partial charge in [-0.2, -0.15) is 0 Å². The van der Waals surface area contributed by atoms with Gasteiger partial charge in [0, 0.05) is 13.7 Å². The molecule has 0 spiro atoms. The van der Waals surface area contributed by atoms with Crippen LogP contribution in [0.3, 0.4) is 0 Å². The van der Waals surface area contributed by atoms with Crippen molar-refractivity contribution in [3.05, 3.63) is 28.2 Å². The first kappa shape index (κ1) is 16.8. The summed E-state index contributed by atoms with van der Waals surface area (Å²) in [6, 6.07) is 5.40. The van der Waals surface area contributed by atoms with Gasteiger partial charge in [-0.3, -0.25) is 0 Å². The van der Waals surface area contributed by atoms with E-state index in [4.69, 9.17) is 9.47 Å². The molecule has 20 heavy (non-hydrogen) atoms. The zero-order valence-electron chi connectivity index (χ0n) is 12.2. The fraction of sp³-hybridized carbons (Fsp3) is 0.500. The quantitative estimate of drug-likeness (QED) is 0.834. The molecular weight excluding hydrogens is 324 g/mol. The molecule has 2 atom stereocenters. The van der Waals surface area contributed by atoms with Crippen LogP contribution in [-0.4, -0.2) is 32.9 Å². The molecule has 6 heteroatoms. The molecule has 0 aliphatic heterocycles. The first-order valence-corrected chi connectivity index (χ1v) is 7.17. The Bertz CT molecular complexity index is 454. The topological polar surface area (TPSA) is 59.6 Å². The molecule has 0 aliphatic rings. The molecule has 1 rings (SSSR count). The van der Waals surface area contributed by atoms with Gasteiger partial charge in [0.25, 0.3) is 0 Å². The summed E-state index contributed by atoms with van der Waals surface area (Å²) in [7, 11) is 3.23. The van der Waals surface area contributed by atoms with Crippen molar-refractivity contribution < 1.29 is 14.3 Å². The Hall–Kier alpha value is -1.27. The van der Waals surface area contributed by atoms with E-state index in [0.717, 1.165) is 15.8 Å². The lowest BCUT2D eigenvalue weighted by molar-refractivity contribution is 0.118. The van der Waals surface area contributed by atoms with Gasteiger partial charge in [0.1, 0.15) is 5.75 Å². The summed E-state index contributed by atoms with van der Waals surface area (Å²) in [5.41, 5.74) is 0.993. The number of amides is 2. The maximum Gasteiger partial charge on any atom is 0.315 e. The molecule has 0 aromatic heterocycles. The summed E-state index contributed by atoms with van der Waals surface area (Å²) in [5.74, 6) is 0.763. The van der Waals surface area contributed by atoms with Gasteiger partial charge in [0.15, 0.2) is 0 Å². The van der Waals surface area contributed by atoms with Crippen LogP contribution in [0.1, 0.15) is 25.5 Å². The molecule has 0 saturated carbocycles. The molecule has 0 aliphatic carbocycles. The molecule has 112 valence electrons. The SMILES string of the molecule is COc1ccc([C@@H](C)NC(=O)NC[C@@H](C)OC)cc1Br. The van der Waals surface area contributed by atoms with E-state index < -0.39 is 0 Å². The van der Waals surface area contributed by atoms with Gasteiger partial charge < -0.3 is 20.1 Å². The summed E-state index contributed by atoms with van der Waals surface area (Å²) < 4.78 is 11.1. The Morgan fingerprint density at radius 2 is 2.05 bits per heavy atom. The zero-order chi connectivity index (χ0) is 15.1. The molecule has 1 aromatic carbocycles. The van der Waals surface area contributed by atoms with Crippen LogP contribution in [-0.2, 0) is 4.74 Å². The number of hydrogen-bond donors (Lipinski definition) is 2. The van der Waals surface area contributed by atoms with Crippen LogP contribution < -0.4 is 15.4 Å². The minimum absolute atomic E-state index is 0.00816. The van der Waals surface area contributed by atoms with E-state index in [9.17, 15) is 4.79 Å². The predicted octanol–water partition coefficient (Wildman–Crippen LogP) is 2.85. The highest BCUT2D eigenvalue weighted by atomic mass is 79.9. The van der Waals surface area contributed by atoms with Crippen molar-refractivity contribution in [3.63, 3.8) is 0 Å². The number of ether oxygens (including phenoxy) is 2. The lowest BCUT2D eigenvalue weighted by atomic mass is 10.1. The van der Waals surface area contributed by atoms with Crippen LogP contribution in [0.4, 0.5) is 4.79 Å². The molecule has 0 fully saturated rings. The summed E-state index contributed by atoms with van der Waals surface area (Å²) in [6.07, 6.45) is -0.00816. The molecule has 2 amide bonds. The molecule has 0 unspecified atom stereocenters. The first-order valence-electron chi connectivity index (χ1n) is 6.38. The normalized spacial score (nSPS) is 13.4. The van der Waals surface area contributed by atoms with Gasteiger partial charge in [0.05, 0.1) is 23.7 Å². The third kappa shape index (κ3) is 5.02. The number of carbonyl (C=O) groups excluding carboxylic acids is 1. The van der Waals surface area contributed by atoms with Crippen molar-refractivity contribution in [2.75, 3.05) is 20.8 Å². The maximum atomic E-state index is 11.7. The van der Waals surface area contributed by atoms with Crippen molar-refractivity contribution >= 4 is 22.0 Å². The van der Waals surface area contributed by atoms with Gasteiger partial charge in [-0.1, -0.05) is 6.07 Å². The Kier molecular flexibility index (Phi) is 6.81. The number of benzene rings is 1. The minimum Gasteiger partial charge on any atom is -0.496 e. The van der Waals surface area contributed by atoms with E-state index in [1.807, 2.05) is 32.0 Å². The van der Waals surface area contributed by atoms with Crippen LogP contribution in [0.25, 0.3) is 0 Å². The number of hydrogen-bond acceptors (Lipinski definition) is 3. The van der Waals surface area contributed by atoms with Crippen molar-refractivity contribution in [1.29, 1.82) is 0 Å². The molecule has 0 heterocycles. The van der Waals surface area contributed by atoms with Crippen molar-refractivity contribution in [2.45, 2.75) is 26.0 Å². The third-order valence-electron chi connectivity index (χ3n) is 2.98. The monoisotopic (exact) mass is 344 g/mol. The fourth-order valence-electron chi connectivity index (χ4n) is 1.60. The molecular formula is C14H21BrN2O3. The third-order valence-corrected chi connectivity index (χ3v) is 3.60. The zero-order valence-corrected chi connectivity index (χ0v) is 13.8. The van der Waals surface area contributed by atoms with Crippen LogP contribution in [0.5, 0.6) is 5.75 Å². The maximum absolute atomic E-state index is 11.7. The second kappa shape index (κ2) is 8.11. The molecule has 0 radical (unpaired) electrons. The number of halogens is 1. The summed E-state index contributed by atoms with van der Waals surface area (Å²) >= 11 is 3.43. The molecule has 5 nitrogen and oxygen atoms in total. The Morgan fingerprint density at radius 1 is 1.35 bits per heavy atom. The number of urea groups is 1. The Morgan fingerprint density at radius 3 is 2.60 bits per heavy atom. The van der Waals surface area contributed by atoms with Crippen LogP contribution >= 0.6 is 15.9 Å². The van der Waals surface area contributed by atoms with E-state index in [1.165, 1.54) is 0 Å². The van der Waals surface area contributed by atoms with E-state index >= 15 is 0 Å². The van der Waals surface area contributed by atoms with Crippen LogP contribution in [0.2, 0.25) is 0 Å². The van der Waals surface area contributed by atoms with Gasteiger partial charge in [-0.15, -0.1) is 0 Å². The Labute approximate surface area is 128 Å². The fourth-order valence-corrected chi connectivity index (χ4v) is 2.16. The lowest BCUT2D eigenvalue weighted by Crippen LogP contribution is -2.40. The standard InChI is InChI=1S/C14H21BrN2O3/c1-9(19-3)8-16-14(18)17-10(2)11-5-6-13(20-4)12(15)7-11/h5-7,9-10H,8H2,1-4H3,(H2,16,17,18)/t9-,10-/m1/s1. The molecule has 2 N–H and O–H groups in total. The number of rotatable bonds is 6. The highest BCUT2D eigenvalue weighted by Gasteiger charge is 2.11. The number of carbonyl (C=O) groups is 1. The first-order chi connectivity index (χ1) is 9.47. The lowest BCUT2D eigenvalue weighted by Gasteiger charge is -2.17. The molecule has 0 saturated heterocycles. The predicted molar refractivity (Wildman–Crippen MR) is 82.1 cm³/mol. The summed E-state index contributed by atoms with van der Waals surface area (Å²) in [4.78, 5) is 11.7. The van der Waals surface area contributed by atoms with E-state index in [2.05, 4.69) is 26.6 Å². The van der Waals surface area contributed by atoms with E-state index in [1.54, 1.807) is 14.2 Å². The second-order valence-electron chi connectivity index (χ2n) is 4.52. The number of nitrogens with one attached hydrogen (secondary N) is 2. The van der Waals surface area contributed by atoms with Gasteiger partial charge >= 0.3 is 6.03 Å². The highest BCUT2D eigenvalue weighted by molar-refractivity contribution is 9.10. The second-order valence-corrected chi connectivity index (χ2v) is 5.37. The molecule has 1 aromatic rings. The minimum atomic E-state index is -0.214. The number of methoxy groups -OCH3 is 2. The van der Waals surface area contributed by atoms with Gasteiger partial charge in [-0.25, -0.2) is 4.79 Å². The largest absolute Gasteiger partial charge is 0.496 e. The molecule has 0 bridgehead atoms. The van der Waals surface area contributed by atoms with E-state index in [0.29, 0.717) is 6.54 Å². The van der Waals surface area contributed by atoms with Gasteiger partial charge in [0.2, 0.25) is 0 Å². The highest BCUT2D eigenvalue weighted by Crippen LogP contribution is 2.27. The van der Waals surface area contributed by atoms with Crippen LogP contribution in [0, 0.1) is 0 Å². The van der Waals surface area contributed by atoms with Crippen molar-refractivity contribution in [1.82, 2.24) is 10.6 Å². The van der Waals surface area contributed by atoms with Crippen LogP contribution in [0.15, 0.2) is 22.7 Å². The van der Waals surface area contributed by atoms with Gasteiger partial charge in [-0.05, 0) is 47.5 Å². The summed E-state index contributed by atoms with van der Waals surface area (Å²) in [6.45, 7) is 4.29. The average molecular weight is 345 g/mol. The Balaban J connectivity index is 2.55. The van der Waals surface area contributed by atoms with Crippen molar-refractivity contribution in [3.8, 4) is 5.75 Å². The summed E-state index contributed by atoms with van der Waals surface area (Å²) in [5, 5.41) is 5.63. The smallest absolute Gasteiger partial charge is 0.315 e. The average Bonchev–Trinajstić information content (AvgIpc) is 2.44. The van der Waals surface area contributed by atoms with Crippen molar-refractivity contribution in [2.24, 2.45) is 0 Å².